The van der Waals surface area contributed by atoms with Crippen LogP contribution in [0.3, 0.4) is 0 Å². The smallest absolute Gasteiger partial charge is 0.210 e. The Hall–Kier alpha value is -0.710. The van der Waals surface area contributed by atoms with Crippen molar-refractivity contribution in [1.29, 1.82) is 0 Å². The first-order chi connectivity index (χ1) is 6.09. The predicted octanol–water partition coefficient (Wildman–Crippen LogP) is 1.22. The highest BCUT2D eigenvalue weighted by molar-refractivity contribution is 7.99. The lowest BCUT2D eigenvalue weighted by Gasteiger charge is -2.22. The molecule has 2 rings (SSSR count). The SMILES string of the molecule is CC(C)(C)c1nnc2n1NCCS2. The first kappa shape index (κ1) is 8.87. The minimum absolute atomic E-state index is 0.0517. The van der Waals surface area contributed by atoms with E-state index >= 15 is 0 Å². The number of fused-ring (bicyclic) bond motifs is 1. The van der Waals surface area contributed by atoms with Crippen LogP contribution in [0, 0.1) is 0 Å². The van der Waals surface area contributed by atoms with E-state index in [4.69, 9.17) is 0 Å². The summed E-state index contributed by atoms with van der Waals surface area (Å²) in [5.74, 6) is 2.08. The molecule has 0 unspecified atom stereocenters. The van der Waals surface area contributed by atoms with E-state index in [-0.39, 0.29) is 5.41 Å². The van der Waals surface area contributed by atoms with Crippen molar-refractivity contribution in [2.24, 2.45) is 0 Å². The molecule has 0 bridgehead atoms. The van der Waals surface area contributed by atoms with E-state index in [9.17, 15) is 0 Å². The summed E-state index contributed by atoms with van der Waals surface area (Å²) in [6.45, 7) is 7.42. The zero-order valence-electron chi connectivity index (χ0n) is 8.16. The molecule has 0 aliphatic carbocycles. The van der Waals surface area contributed by atoms with Gasteiger partial charge >= 0.3 is 0 Å². The van der Waals surface area contributed by atoms with Crippen LogP contribution in [0.1, 0.15) is 26.6 Å². The Morgan fingerprint density at radius 1 is 1.38 bits per heavy atom. The minimum Gasteiger partial charge on any atom is -0.321 e. The topological polar surface area (TPSA) is 42.7 Å². The maximum absolute atomic E-state index is 4.20. The minimum atomic E-state index is 0.0517. The van der Waals surface area contributed by atoms with Crippen molar-refractivity contribution in [2.75, 3.05) is 17.7 Å². The first-order valence-corrected chi connectivity index (χ1v) is 5.40. The largest absolute Gasteiger partial charge is 0.321 e. The number of hydrogen-bond donors (Lipinski definition) is 1. The molecule has 0 radical (unpaired) electrons. The molecule has 2 heterocycles. The van der Waals surface area contributed by atoms with Gasteiger partial charge in [-0.15, -0.1) is 10.2 Å². The zero-order valence-corrected chi connectivity index (χ0v) is 8.98. The molecule has 0 spiro atoms. The number of nitrogens with one attached hydrogen (secondary N) is 1. The molecule has 72 valence electrons. The molecular formula is C8H14N4S. The molecule has 1 aliphatic rings. The van der Waals surface area contributed by atoms with Gasteiger partial charge in [0.1, 0.15) is 0 Å². The van der Waals surface area contributed by atoms with Gasteiger partial charge in [-0.3, -0.25) is 0 Å². The van der Waals surface area contributed by atoms with Crippen molar-refractivity contribution in [3.05, 3.63) is 5.82 Å². The second-order valence-corrected chi connectivity index (χ2v) is 5.21. The van der Waals surface area contributed by atoms with E-state index in [2.05, 4.69) is 36.4 Å². The third kappa shape index (κ3) is 1.52. The summed E-state index contributed by atoms with van der Waals surface area (Å²) in [5, 5.41) is 9.32. The van der Waals surface area contributed by atoms with Crippen molar-refractivity contribution >= 4 is 11.8 Å². The van der Waals surface area contributed by atoms with E-state index in [1.165, 1.54) is 0 Å². The molecule has 0 fully saturated rings. The van der Waals surface area contributed by atoms with Crippen molar-refractivity contribution < 1.29 is 0 Å². The van der Waals surface area contributed by atoms with Gasteiger partial charge in [0, 0.05) is 17.7 Å². The third-order valence-electron chi connectivity index (χ3n) is 1.91. The Bertz CT molecular complexity index is 312. The molecule has 1 N–H and O–H groups in total. The van der Waals surface area contributed by atoms with Crippen LogP contribution in [-0.4, -0.2) is 27.2 Å². The van der Waals surface area contributed by atoms with E-state index < -0.39 is 0 Å². The average molecular weight is 198 g/mol. The highest BCUT2D eigenvalue weighted by atomic mass is 32.2. The third-order valence-corrected chi connectivity index (χ3v) is 2.84. The van der Waals surface area contributed by atoms with Gasteiger partial charge in [-0.05, 0) is 0 Å². The molecule has 4 nitrogen and oxygen atoms in total. The Morgan fingerprint density at radius 2 is 2.15 bits per heavy atom. The van der Waals surface area contributed by atoms with Crippen LogP contribution in [-0.2, 0) is 5.41 Å². The molecular weight excluding hydrogens is 184 g/mol. The lowest BCUT2D eigenvalue weighted by molar-refractivity contribution is 0.512. The van der Waals surface area contributed by atoms with E-state index in [1.54, 1.807) is 11.8 Å². The lowest BCUT2D eigenvalue weighted by Crippen LogP contribution is -2.29. The molecule has 0 atom stereocenters. The summed E-state index contributed by atoms with van der Waals surface area (Å²) in [5.41, 5.74) is 3.34. The van der Waals surface area contributed by atoms with E-state index in [0.29, 0.717) is 0 Å². The van der Waals surface area contributed by atoms with Crippen LogP contribution in [0.4, 0.5) is 0 Å². The van der Waals surface area contributed by atoms with Gasteiger partial charge in [0.05, 0.1) is 0 Å². The Labute approximate surface area is 82.1 Å². The van der Waals surface area contributed by atoms with Gasteiger partial charge < -0.3 is 5.43 Å². The Balaban J connectivity index is 2.43. The first-order valence-electron chi connectivity index (χ1n) is 4.41. The fourth-order valence-corrected chi connectivity index (χ4v) is 2.05. The summed E-state index contributed by atoms with van der Waals surface area (Å²) in [4.78, 5) is 0. The van der Waals surface area contributed by atoms with Crippen molar-refractivity contribution in [3.63, 3.8) is 0 Å². The predicted molar refractivity (Wildman–Crippen MR) is 53.7 cm³/mol. The molecule has 0 amide bonds. The van der Waals surface area contributed by atoms with Crippen molar-refractivity contribution in [1.82, 2.24) is 14.9 Å². The molecule has 0 saturated heterocycles. The molecule has 13 heavy (non-hydrogen) atoms. The van der Waals surface area contributed by atoms with Crippen LogP contribution in [0.25, 0.3) is 0 Å². The Morgan fingerprint density at radius 3 is 2.85 bits per heavy atom. The highest BCUT2D eigenvalue weighted by Crippen LogP contribution is 2.25. The van der Waals surface area contributed by atoms with Gasteiger partial charge in [0.25, 0.3) is 0 Å². The number of nitrogens with zero attached hydrogens (tertiary/aromatic N) is 3. The quantitative estimate of drug-likeness (QED) is 0.681. The van der Waals surface area contributed by atoms with E-state index in [0.717, 1.165) is 23.3 Å². The maximum atomic E-state index is 4.20. The van der Waals surface area contributed by atoms with Crippen LogP contribution in [0.5, 0.6) is 0 Å². The van der Waals surface area contributed by atoms with Crippen molar-refractivity contribution in [3.8, 4) is 0 Å². The average Bonchev–Trinajstić information content (AvgIpc) is 2.45. The number of thioether (sulfide) groups is 1. The molecule has 0 aromatic carbocycles. The van der Waals surface area contributed by atoms with Gasteiger partial charge in [-0.2, -0.15) is 0 Å². The molecule has 1 aliphatic heterocycles. The number of rotatable bonds is 0. The normalized spacial score (nSPS) is 16.5. The molecule has 1 aromatic heterocycles. The maximum Gasteiger partial charge on any atom is 0.210 e. The van der Waals surface area contributed by atoms with Gasteiger partial charge in [-0.1, -0.05) is 32.5 Å². The lowest BCUT2D eigenvalue weighted by atomic mass is 9.96. The standard InChI is InChI=1S/C8H14N4S/c1-8(2,3)6-10-11-7-12(6)9-4-5-13-7/h9H,4-5H2,1-3H3. The van der Waals surface area contributed by atoms with Crippen LogP contribution >= 0.6 is 11.8 Å². The summed E-state index contributed by atoms with van der Waals surface area (Å²) < 4.78 is 2.01. The highest BCUT2D eigenvalue weighted by Gasteiger charge is 2.25. The van der Waals surface area contributed by atoms with Crippen LogP contribution in [0.15, 0.2) is 5.16 Å². The second-order valence-electron chi connectivity index (χ2n) is 4.15. The monoisotopic (exact) mass is 198 g/mol. The van der Waals surface area contributed by atoms with Crippen molar-refractivity contribution in [2.45, 2.75) is 31.3 Å². The van der Waals surface area contributed by atoms with Gasteiger partial charge in [0.15, 0.2) is 5.82 Å². The molecule has 1 aromatic rings. The van der Waals surface area contributed by atoms with Gasteiger partial charge in [-0.25, -0.2) is 4.68 Å². The van der Waals surface area contributed by atoms with Crippen LogP contribution < -0.4 is 5.43 Å². The summed E-state index contributed by atoms with van der Waals surface area (Å²) >= 11 is 1.75. The van der Waals surface area contributed by atoms with Crippen LogP contribution in [0.2, 0.25) is 0 Å². The summed E-state index contributed by atoms with van der Waals surface area (Å²) in [7, 11) is 0. The summed E-state index contributed by atoms with van der Waals surface area (Å²) in [6, 6.07) is 0. The zero-order chi connectivity index (χ0) is 9.47. The number of hydrogen-bond acceptors (Lipinski definition) is 4. The fourth-order valence-electron chi connectivity index (χ4n) is 1.29. The summed E-state index contributed by atoms with van der Waals surface area (Å²) in [6.07, 6.45) is 0. The molecule has 0 saturated carbocycles. The fraction of sp³-hybridized carbons (Fsp3) is 0.750. The Kier molecular flexibility index (Phi) is 1.98. The number of aromatic nitrogens is 3. The molecule has 5 heteroatoms. The van der Waals surface area contributed by atoms with Gasteiger partial charge in [0.2, 0.25) is 5.16 Å². The second kappa shape index (κ2) is 2.90. The van der Waals surface area contributed by atoms with E-state index in [1.807, 2.05) is 4.68 Å².